The Kier molecular flexibility index (Phi) is 6.48. The van der Waals surface area contributed by atoms with Gasteiger partial charge in [-0.25, -0.2) is 0 Å². The molecule has 5 atom stereocenters. The van der Waals surface area contributed by atoms with Gasteiger partial charge >= 0.3 is 0 Å². The van der Waals surface area contributed by atoms with Crippen LogP contribution in [0, 0.1) is 6.92 Å². The average Bonchev–Trinajstić information content (AvgIpc) is 3.07. The molecule has 0 aromatic heterocycles. The highest BCUT2D eigenvalue weighted by Crippen LogP contribution is 2.40. The Morgan fingerprint density at radius 1 is 1.18 bits per heavy atom. The van der Waals surface area contributed by atoms with Gasteiger partial charge in [-0.3, -0.25) is 4.18 Å². The van der Waals surface area contributed by atoms with Crippen molar-refractivity contribution in [3.8, 4) is 0 Å². The molecule has 0 amide bonds. The van der Waals surface area contributed by atoms with E-state index >= 15 is 0 Å². The molecule has 8 heteroatoms. The zero-order valence-electron chi connectivity index (χ0n) is 17.1. The Hall–Kier alpha value is -1.03. The van der Waals surface area contributed by atoms with Crippen LogP contribution in [0.1, 0.15) is 46.1 Å². The van der Waals surface area contributed by atoms with Crippen LogP contribution in [-0.2, 0) is 33.2 Å². The Labute approximate surface area is 167 Å². The minimum atomic E-state index is -3.93. The molecule has 7 nitrogen and oxygen atoms in total. The lowest BCUT2D eigenvalue weighted by Gasteiger charge is -2.29. The molecule has 2 fully saturated rings. The van der Waals surface area contributed by atoms with Crippen LogP contribution < -0.4 is 0 Å². The lowest BCUT2D eigenvalue weighted by Crippen LogP contribution is -2.43. The number of aryl methyl sites for hydroxylation is 1. The van der Waals surface area contributed by atoms with E-state index in [1.807, 2.05) is 20.8 Å². The van der Waals surface area contributed by atoms with Gasteiger partial charge < -0.3 is 18.9 Å². The van der Waals surface area contributed by atoms with E-state index in [0.29, 0.717) is 6.61 Å². The molecule has 0 N–H and O–H groups in total. The Balaban J connectivity index is 1.73. The Morgan fingerprint density at radius 2 is 1.86 bits per heavy atom. The molecule has 158 valence electrons. The predicted octanol–water partition coefficient (Wildman–Crippen LogP) is 3.15. The van der Waals surface area contributed by atoms with Crippen molar-refractivity contribution in [2.75, 3.05) is 6.61 Å². The molecule has 28 heavy (non-hydrogen) atoms. The molecule has 2 saturated heterocycles. The molecular weight excluding hydrogens is 384 g/mol. The van der Waals surface area contributed by atoms with Gasteiger partial charge in [0.25, 0.3) is 10.1 Å². The van der Waals surface area contributed by atoms with E-state index in [0.717, 1.165) is 18.4 Å². The van der Waals surface area contributed by atoms with Crippen molar-refractivity contribution in [1.29, 1.82) is 0 Å². The van der Waals surface area contributed by atoms with Crippen LogP contribution in [0.25, 0.3) is 0 Å². The fraction of sp³-hybridized carbons (Fsp3) is 0.700. The zero-order chi connectivity index (χ0) is 20.5. The van der Waals surface area contributed by atoms with Crippen molar-refractivity contribution in [1.82, 2.24) is 0 Å². The van der Waals surface area contributed by atoms with Crippen molar-refractivity contribution in [2.24, 2.45) is 0 Å². The Morgan fingerprint density at radius 3 is 2.50 bits per heavy atom. The number of benzene rings is 1. The first-order chi connectivity index (χ1) is 13.1. The molecule has 2 aliphatic rings. The lowest BCUT2D eigenvalue weighted by atomic mass is 10.1. The van der Waals surface area contributed by atoms with Gasteiger partial charge in [-0.15, -0.1) is 0 Å². The third-order valence-corrected chi connectivity index (χ3v) is 6.29. The molecule has 1 aromatic carbocycles. The molecule has 0 radical (unpaired) electrons. The molecule has 0 bridgehead atoms. The van der Waals surface area contributed by atoms with E-state index in [1.54, 1.807) is 19.1 Å². The normalized spacial score (nSPS) is 30.3. The summed E-state index contributed by atoms with van der Waals surface area (Å²) in [6.07, 6.45) is -1.02. The van der Waals surface area contributed by atoms with Gasteiger partial charge in [0.2, 0.25) is 0 Å². The van der Waals surface area contributed by atoms with E-state index in [9.17, 15) is 8.42 Å². The summed E-state index contributed by atoms with van der Waals surface area (Å²) < 4.78 is 54.5. The van der Waals surface area contributed by atoms with Gasteiger partial charge in [-0.1, -0.05) is 31.0 Å². The van der Waals surface area contributed by atoms with Gasteiger partial charge in [0.05, 0.1) is 4.90 Å². The van der Waals surface area contributed by atoms with E-state index in [1.165, 1.54) is 12.1 Å². The zero-order valence-corrected chi connectivity index (χ0v) is 17.9. The van der Waals surface area contributed by atoms with Gasteiger partial charge in [0, 0.05) is 6.61 Å². The maximum absolute atomic E-state index is 12.6. The van der Waals surface area contributed by atoms with E-state index in [2.05, 4.69) is 6.92 Å². The number of unbranched alkanes of at least 4 members (excludes halogenated alkanes) is 1. The molecule has 2 heterocycles. The van der Waals surface area contributed by atoms with Crippen molar-refractivity contribution < 1.29 is 31.5 Å². The fourth-order valence-electron chi connectivity index (χ4n) is 3.45. The number of hydrogen-bond donors (Lipinski definition) is 0. The molecule has 0 saturated carbocycles. The minimum absolute atomic E-state index is 0.111. The summed E-state index contributed by atoms with van der Waals surface area (Å²) in [6, 6.07) is 6.53. The van der Waals surface area contributed by atoms with Crippen molar-refractivity contribution >= 4 is 10.1 Å². The summed E-state index contributed by atoms with van der Waals surface area (Å²) in [5, 5.41) is 0. The number of hydrogen-bond acceptors (Lipinski definition) is 7. The fourth-order valence-corrected chi connectivity index (χ4v) is 4.54. The lowest BCUT2D eigenvalue weighted by molar-refractivity contribution is -0.226. The van der Waals surface area contributed by atoms with Crippen LogP contribution in [0.2, 0.25) is 0 Å². The molecular formula is C20H30O7S. The average molecular weight is 415 g/mol. The summed E-state index contributed by atoms with van der Waals surface area (Å²) in [5.74, 6) is -0.773. The quantitative estimate of drug-likeness (QED) is 0.477. The monoisotopic (exact) mass is 414 g/mol. The highest BCUT2D eigenvalue weighted by atomic mass is 32.2. The summed E-state index contributed by atoms with van der Waals surface area (Å²) in [5.41, 5.74) is 0.972. The minimum Gasteiger partial charge on any atom is -0.372 e. The second-order valence-electron chi connectivity index (χ2n) is 7.83. The number of fused-ring (bicyclic) bond motifs is 1. The van der Waals surface area contributed by atoms with Crippen LogP contribution in [0.5, 0.6) is 0 Å². The van der Waals surface area contributed by atoms with Crippen LogP contribution in [0.4, 0.5) is 0 Å². The Bertz CT molecular complexity index is 759. The predicted molar refractivity (Wildman–Crippen MR) is 102 cm³/mol. The largest absolute Gasteiger partial charge is 0.372 e. The molecule has 0 unspecified atom stereocenters. The third-order valence-electron chi connectivity index (χ3n) is 4.89. The van der Waals surface area contributed by atoms with E-state index < -0.39 is 46.6 Å². The molecule has 0 spiro atoms. The summed E-state index contributed by atoms with van der Waals surface area (Å²) in [4.78, 5) is 0.111. The first-order valence-electron chi connectivity index (χ1n) is 9.75. The highest BCUT2D eigenvalue weighted by Gasteiger charge is 2.57. The third kappa shape index (κ3) is 4.75. The standard InChI is InChI=1S/C20H30O7S/c1-6-7-12-23-17-16(24-19-18(17)25-20(4,5)26-19)14(3)27-28(21,22)15-10-8-13(2)9-11-15/h8-11,14,16-19H,6-7,12H2,1-5H3/t14-,16-,17+,18-,19-/m1/s1. The summed E-state index contributed by atoms with van der Waals surface area (Å²) >= 11 is 0. The van der Waals surface area contributed by atoms with E-state index in [-0.39, 0.29) is 4.90 Å². The molecule has 1 aromatic rings. The van der Waals surface area contributed by atoms with Gasteiger partial charge in [-0.2, -0.15) is 8.42 Å². The van der Waals surface area contributed by atoms with Crippen molar-refractivity contribution in [2.45, 2.75) is 88.8 Å². The SMILES string of the molecule is CCCCO[C@@H]1[C@H]2OC(C)(C)O[C@H]2O[C@@H]1[C@@H](C)OS(=O)(=O)c1ccc(C)cc1. The summed E-state index contributed by atoms with van der Waals surface area (Å²) in [6.45, 7) is 9.80. The maximum Gasteiger partial charge on any atom is 0.297 e. The first-order valence-corrected chi connectivity index (χ1v) is 11.2. The second-order valence-corrected chi connectivity index (χ2v) is 9.40. The van der Waals surface area contributed by atoms with Crippen LogP contribution >= 0.6 is 0 Å². The van der Waals surface area contributed by atoms with Gasteiger partial charge in [0.1, 0.15) is 24.4 Å². The van der Waals surface area contributed by atoms with Crippen molar-refractivity contribution in [3.05, 3.63) is 29.8 Å². The molecule has 3 rings (SSSR count). The first kappa shape index (κ1) is 21.7. The van der Waals surface area contributed by atoms with Gasteiger partial charge in [-0.05, 0) is 46.2 Å². The topological polar surface area (TPSA) is 80.3 Å². The second kappa shape index (κ2) is 8.38. The van der Waals surface area contributed by atoms with Crippen LogP contribution in [-0.4, -0.2) is 51.5 Å². The number of ether oxygens (including phenoxy) is 4. The van der Waals surface area contributed by atoms with Crippen LogP contribution in [0.15, 0.2) is 29.2 Å². The number of rotatable bonds is 8. The molecule has 2 aliphatic heterocycles. The summed E-state index contributed by atoms with van der Waals surface area (Å²) in [7, 11) is -3.93. The maximum atomic E-state index is 12.6. The van der Waals surface area contributed by atoms with Crippen molar-refractivity contribution in [3.63, 3.8) is 0 Å². The molecule has 0 aliphatic carbocycles. The van der Waals surface area contributed by atoms with Gasteiger partial charge in [0.15, 0.2) is 12.1 Å². The highest BCUT2D eigenvalue weighted by molar-refractivity contribution is 7.86. The van der Waals surface area contributed by atoms with E-state index in [4.69, 9.17) is 23.1 Å². The van der Waals surface area contributed by atoms with Crippen LogP contribution in [0.3, 0.4) is 0 Å². The smallest absolute Gasteiger partial charge is 0.297 e.